The van der Waals surface area contributed by atoms with Crippen LogP contribution in [0.2, 0.25) is 0 Å². The summed E-state index contributed by atoms with van der Waals surface area (Å²) in [5.41, 5.74) is 2.19. The molecule has 5 nitrogen and oxygen atoms in total. The zero-order valence-electron chi connectivity index (χ0n) is 13.8. The van der Waals surface area contributed by atoms with Gasteiger partial charge in [0.15, 0.2) is 0 Å². The summed E-state index contributed by atoms with van der Waals surface area (Å²) in [5.74, 6) is 0.612. The van der Waals surface area contributed by atoms with Crippen LogP contribution in [-0.4, -0.2) is 53.2 Å². The molecule has 122 valence electrons. The number of hydrogen-bond acceptors (Lipinski definition) is 4. The number of pyridine rings is 1. The molecule has 1 atom stereocenters. The second-order valence-corrected chi connectivity index (χ2v) is 6.43. The van der Waals surface area contributed by atoms with Gasteiger partial charge in [-0.15, -0.1) is 0 Å². The molecule has 0 radical (unpaired) electrons. The zero-order chi connectivity index (χ0) is 16.1. The first kappa shape index (κ1) is 16.9. The predicted octanol–water partition coefficient (Wildman–Crippen LogP) is 1.52. The number of amides is 1. The predicted molar refractivity (Wildman–Crippen MR) is 86.9 cm³/mol. The molecule has 1 aromatic heterocycles. The van der Waals surface area contributed by atoms with Gasteiger partial charge in [0.2, 0.25) is 0 Å². The van der Waals surface area contributed by atoms with Gasteiger partial charge < -0.3 is 15.3 Å². The largest absolute Gasteiger partial charge is 0.390 e. The van der Waals surface area contributed by atoms with Crippen LogP contribution in [0, 0.1) is 19.8 Å². The lowest BCUT2D eigenvalue weighted by molar-refractivity contribution is 0.0795. The summed E-state index contributed by atoms with van der Waals surface area (Å²) in [7, 11) is 0. The van der Waals surface area contributed by atoms with Gasteiger partial charge in [0, 0.05) is 18.8 Å². The Labute approximate surface area is 132 Å². The highest BCUT2D eigenvalue weighted by molar-refractivity contribution is 5.95. The molecule has 0 aromatic carbocycles. The molecule has 1 aliphatic rings. The number of rotatable bonds is 5. The summed E-state index contributed by atoms with van der Waals surface area (Å²) in [5, 5.41) is 12.9. The van der Waals surface area contributed by atoms with Gasteiger partial charge in [-0.25, -0.2) is 0 Å². The maximum atomic E-state index is 12.1. The van der Waals surface area contributed by atoms with E-state index >= 15 is 0 Å². The quantitative estimate of drug-likeness (QED) is 0.866. The number of hydrogen-bond donors (Lipinski definition) is 2. The Bertz CT molecular complexity index is 511. The van der Waals surface area contributed by atoms with E-state index in [1.807, 2.05) is 19.9 Å². The number of aliphatic hydroxyl groups is 1. The molecular weight excluding hydrogens is 278 g/mol. The molecule has 2 heterocycles. The smallest absolute Gasteiger partial charge is 0.253 e. The number of carbonyl (C=O) groups is 1. The SMILES string of the molecule is Cc1ccc(C(=O)NCC(O)CN2CCC(C)CC2)c(C)n1. The molecule has 22 heavy (non-hydrogen) atoms. The molecule has 5 heteroatoms. The van der Waals surface area contributed by atoms with Gasteiger partial charge in [0.1, 0.15) is 0 Å². The molecule has 1 unspecified atom stereocenters. The number of aromatic nitrogens is 1. The lowest BCUT2D eigenvalue weighted by Crippen LogP contribution is -2.43. The molecule has 2 N–H and O–H groups in total. The van der Waals surface area contributed by atoms with E-state index in [1.54, 1.807) is 6.07 Å². The Morgan fingerprint density at radius 3 is 2.73 bits per heavy atom. The van der Waals surface area contributed by atoms with Gasteiger partial charge >= 0.3 is 0 Å². The molecular formula is C17H27N3O2. The van der Waals surface area contributed by atoms with Gasteiger partial charge in [0.25, 0.3) is 5.91 Å². The fourth-order valence-electron chi connectivity index (χ4n) is 2.84. The van der Waals surface area contributed by atoms with Crippen LogP contribution in [0.15, 0.2) is 12.1 Å². The van der Waals surface area contributed by atoms with E-state index in [9.17, 15) is 9.90 Å². The van der Waals surface area contributed by atoms with Crippen LogP contribution >= 0.6 is 0 Å². The summed E-state index contributed by atoms with van der Waals surface area (Å²) >= 11 is 0. The molecule has 1 saturated heterocycles. The minimum atomic E-state index is -0.531. The summed E-state index contributed by atoms with van der Waals surface area (Å²) in [4.78, 5) is 18.7. The van der Waals surface area contributed by atoms with E-state index in [0.717, 1.165) is 30.4 Å². The van der Waals surface area contributed by atoms with Gasteiger partial charge in [-0.05, 0) is 57.8 Å². The lowest BCUT2D eigenvalue weighted by Gasteiger charge is -2.31. The highest BCUT2D eigenvalue weighted by Crippen LogP contribution is 2.15. The third kappa shape index (κ3) is 4.78. The van der Waals surface area contributed by atoms with E-state index in [-0.39, 0.29) is 12.5 Å². The fourth-order valence-corrected chi connectivity index (χ4v) is 2.84. The number of aliphatic hydroxyl groups excluding tert-OH is 1. The third-order valence-electron chi connectivity index (χ3n) is 4.31. The first-order valence-electron chi connectivity index (χ1n) is 8.08. The highest BCUT2D eigenvalue weighted by Gasteiger charge is 2.19. The second kappa shape index (κ2) is 7.70. The monoisotopic (exact) mass is 305 g/mol. The van der Waals surface area contributed by atoms with E-state index in [2.05, 4.69) is 22.1 Å². The van der Waals surface area contributed by atoms with Crippen molar-refractivity contribution in [2.45, 2.75) is 39.7 Å². The Morgan fingerprint density at radius 1 is 1.41 bits per heavy atom. The van der Waals surface area contributed by atoms with E-state index in [0.29, 0.717) is 12.1 Å². The van der Waals surface area contributed by atoms with E-state index in [4.69, 9.17) is 0 Å². The Hall–Kier alpha value is -1.46. The fraction of sp³-hybridized carbons (Fsp3) is 0.647. The van der Waals surface area contributed by atoms with Crippen molar-refractivity contribution >= 4 is 5.91 Å². The van der Waals surface area contributed by atoms with Crippen LogP contribution in [0.4, 0.5) is 0 Å². The van der Waals surface area contributed by atoms with Gasteiger partial charge in [0.05, 0.1) is 17.4 Å². The van der Waals surface area contributed by atoms with Gasteiger partial charge in [-0.2, -0.15) is 0 Å². The van der Waals surface area contributed by atoms with Crippen molar-refractivity contribution in [3.8, 4) is 0 Å². The summed E-state index contributed by atoms with van der Waals surface area (Å²) < 4.78 is 0. The second-order valence-electron chi connectivity index (χ2n) is 6.43. The molecule has 0 spiro atoms. The number of β-amino-alcohol motifs (C(OH)–C–C–N with tert-alkyl or cyclic N) is 1. The van der Waals surface area contributed by atoms with Crippen LogP contribution in [0.1, 0.15) is 41.5 Å². The molecule has 1 aromatic rings. The number of aryl methyl sites for hydroxylation is 2. The normalized spacial score (nSPS) is 18.2. The number of likely N-dealkylation sites (tertiary alicyclic amines) is 1. The van der Waals surface area contributed by atoms with Crippen molar-refractivity contribution in [3.05, 3.63) is 29.1 Å². The summed E-state index contributed by atoms with van der Waals surface area (Å²) in [6.07, 6.45) is 1.84. The summed E-state index contributed by atoms with van der Waals surface area (Å²) in [6, 6.07) is 3.61. The Kier molecular flexibility index (Phi) is 5.91. The third-order valence-corrected chi connectivity index (χ3v) is 4.31. The maximum absolute atomic E-state index is 12.1. The first-order valence-corrected chi connectivity index (χ1v) is 8.08. The molecule has 1 fully saturated rings. The number of nitrogens with zero attached hydrogens (tertiary/aromatic N) is 2. The number of nitrogens with one attached hydrogen (secondary N) is 1. The van der Waals surface area contributed by atoms with Crippen molar-refractivity contribution in [3.63, 3.8) is 0 Å². The zero-order valence-corrected chi connectivity index (χ0v) is 13.8. The van der Waals surface area contributed by atoms with Crippen LogP contribution < -0.4 is 5.32 Å². The van der Waals surface area contributed by atoms with Crippen molar-refractivity contribution < 1.29 is 9.90 Å². The average Bonchev–Trinajstić information content (AvgIpc) is 2.47. The first-order chi connectivity index (χ1) is 10.5. The lowest BCUT2D eigenvalue weighted by atomic mass is 9.99. The molecule has 0 aliphatic carbocycles. The molecule has 0 saturated carbocycles. The topological polar surface area (TPSA) is 65.5 Å². The molecule has 1 amide bonds. The van der Waals surface area contributed by atoms with Gasteiger partial charge in [-0.3, -0.25) is 9.78 Å². The minimum Gasteiger partial charge on any atom is -0.390 e. The van der Waals surface area contributed by atoms with Crippen molar-refractivity contribution in [2.75, 3.05) is 26.2 Å². The van der Waals surface area contributed by atoms with E-state index < -0.39 is 6.10 Å². The Morgan fingerprint density at radius 2 is 2.09 bits per heavy atom. The van der Waals surface area contributed by atoms with Crippen LogP contribution in [0.3, 0.4) is 0 Å². The van der Waals surface area contributed by atoms with Crippen LogP contribution in [0.5, 0.6) is 0 Å². The summed E-state index contributed by atoms with van der Waals surface area (Å²) in [6.45, 7) is 8.97. The standard InChI is InChI=1S/C17H27N3O2/c1-12-6-8-20(9-7-12)11-15(21)10-18-17(22)16-5-4-13(2)19-14(16)3/h4-5,12,15,21H,6-11H2,1-3H3,(H,18,22). The van der Waals surface area contributed by atoms with E-state index in [1.165, 1.54) is 12.8 Å². The number of carbonyl (C=O) groups excluding carboxylic acids is 1. The van der Waals surface area contributed by atoms with Crippen LogP contribution in [0.25, 0.3) is 0 Å². The Balaban J connectivity index is 1.78. The van der Waals surface area contributed by atoms with Crippen LogP contribution in [-0.2, 0) is 0 Å². The maximum Gasteiger partial charge on any atom is 0.253 e. The molecule has 2 rings (SSSR count). The molecule has 0 bridgehead atoms. The van der Waals surface area contributed by atoms with Crippen molar-refractivity contribution in [1.29, 1.82) is 0 Å². The van der Waals surface area contributed by atoms with Crippen molar-refractivity contribution in [1.82, 2.24) is 15.2 Å². The average molecular weight is 305 g/mol. The number of piperidine rings is 1. The molecule has 1 aliphatic heterocycles. The van der Waals surface area contributed by atoms with Crippen molar-refractivity contribution in [2.24, 2.45) is 5.92 Å². The highest BCUT2D eigenvalue weighted by atomic mass is 16.3. The minimum absolute atomic E-state index is 0.170. The van der Waals surface area contributed by atoms with Gasteiger partial charge in [-0.1, -0.05) is 6.92 Å².